The number of benzene rings is 6. The Kier molecular flexibility index (Phi) is 6.22. The number of nitrogens with zero attached hydrogens (tertiary/aromatic N) is 5. The third-order valence-electron chi connectivity index (χ3n) is 9.73. The quantitative estimate of drug-likeness (QED) is 0.185. The number of hydrogen-bond acceptors (Lipinski definition) is 6. The van der Waals surface area contributed by atoms with E-state index >= 15 is 0 Å². The number of hydrogen-bond donors (Lipinski definition) is 0. The van der Waals surface area contributed by atoms with Gasteiger partial charge < -0.3 is 0 Å². The highest BCUT2D eigenvalue weighted by molar-refractivity contribution is 7.29. The first-order valence-electron chi connectivity index (χ1n) is 16.8. The third-order valence-corrected chi connectivity index (χ3v) is 12.0. The molecule has 7 heteroatoms. The average Bonchev–Trinajstić information content (AvgIpc) is 3.88. The molecule has 0 saturated carbocycles. The fraction of sp³-hybridized carbons (Fsp3) is 0. The van der Waals surface area contributed by atoms with E-state index in [9.17, 15) is 0 Å². The highest BCUT2D eigenvalue weighted by atomic mass is 32.1. The van der Waals surface area contributed by atoms with E-state index in [4.69, 9.17) is 19.9 Å². The van der Waals surface area contributed by atoms with Crippen molar-refractivity contribution in [1.82, 2.24) is 24.5 Å². The van der Waals surface area contributed by atoms with E-state index in [1.807, 2.05) is 47.9 Å². The summed E-state index contributed by atoms with van der Waals surface area (Å²) in [5.74, 6) is 1.85. The van der Waals surface area contributed by atoms with Crippen molar-refractivity contribution in [2.75, 3.05) is 0 Å². The summed E-state index contributed by atoms with van der Waals surface area (Å²) >= 11 is 3.60. The first-order chi connectivity index (χ1) is 25.3. The summed E-state index contributed by atoms with van der Waals surface area (Å²) in [6.45, 7) is 0. The van der Waals surface area contributed by atoms with Gasteiger partial charge in [0.1, 0.15) is 4.83 Å². The lowest BCUT2D eigenvalue weighted by Crippen LogP contribution is -2.06. The van der Waals surface area contributed by atoms with E-state index in [0.717, 1.165) is 32.6 Å². The van der Waals surface area contributed by atoms with E-state index < -0.39 is 0 Å². The molecule has 0 saturated heterocycles. The van der Waals surface area contributed by atoms with Crippen LogP contribution in [0.2, 0.25) is 0 Å². The molecule has 11 aromatic rings. The summed E-state index contributed by atoms with van der Waals surface area (Å²) in [6.07, 6.45) is 1.89. The molecule has 5 nitrogen and oxygen atoms in total. The van der Waals surface area contributed by atoms with Gasteiger partial charge in [-0.3, -0.25) is 4.57 Å². The van der Waals surface area contributed by atoms with E-state index in [0.29, 0.717) is 17.6 Å². The van der Waals surface area contributed by atoms with Gasteiger partial charge in [0.05, 0.1) is 15.7 Å². The summed E-state index contributed by atoms with van der Waals surface area (Å²) in [4.78, 5) is 21.5. The van der Waals surface area contributed by atoms with Crippen molar-refractivity contribution in [2.45, 2.75) is 0 Å². The standard InChI is InChI=1S/C44H25N5S2/c1-3-12-26(13-4-1)27-21-23-29(24-22-27)42-46-41(28-14-5-2-6-15-28)47-44(48-42)49-33-19-9-7-16-30(33)37-38(49)40-35(31-17-8-10-20-34(31)50-40)36-32-18-11-25-45-43(32)51-39(36)37/h1-25H. The lowest BCUT2D eigenvalue weighted by atomic mass is 10.0. The maximum atomic E-state index is 5.29. The van der Waals surface area contributed by atoms with E-state index in [1.54, 1.807) is 11.3 Å². The van der Waals surface area contributed by atoms with Gasteiger partial charge in [-0.15, -0.1) is 22.7 Å². The predicted octanol–water partition coefficient (Wildman–Crippen LogP) is 12.1. The second-order valence-electron chi connectivity index (χ2n) is 12.6. The van der Waals surface area contributed by atoms with Crippen LogP contribution < -0.4 is 0 Å². The van der Waals surface area contributed by atoms with Crippen molar-refractivity contribution in [3.8, 4) is 39.9 Å². The molecule has 0 amide bonds. The molecular formula is C44H25N5S2. The van der Waals surface area contributed by atoms with Crippen LogP contribution in [0.3, 0.4) is 0 Å². The molecule has 238 valence electrons. The molecule has 0 aliphatic rings. The Bertz CT molecular complexity index is 3120. The molecule has 0 spiro atoms. The van der Waals surface area contributed by atoms with Gasteiger partial charge in [-0.25, -0.2) is 9.97 Å². The van der Waals surface area contributed by atoms with Gasteiger partial charge in [-0.1, -0.05) is 121 Å². The molecule has 11 rings (SSSR count). The van der Waals surface area contributed by atoms with E-state index in [1.165, 1.54) is 52.0 Å². The van der Waals surface area contributed by atoms with Crippen LogP contribution in [-0.2, 0) is 0 Å². The van der Waals surface area contributed by atoms with Crippen LogP contribution >= 0.6 is 22.7 Å². The zero-order valence-corrected chi connectivity index (χ0v) is 28.6. The molecule has 0 aliphatic heterocycles. The molecule has 0 N–H and O–H groups in total. The third kappa shape index (κ3) is 4.32. The van der Waals surface area contributed by atoms with Gasteiger partial charge >= 0.3 is 0 Å². The van der Waals surface area contributed by atoms with Gasteiger partial charge in [0.2, 0.25) is 5.95 Å². The summed E-state index contributed by atoms with van der Waals surface area (Å²) in [7, 11) is 0. The van der Waals surface area contributed by atoms with Gasteiger partial charge in [0.15, 0.2) is 11.6 Å². The molecule has 0 radical (unpaired) electrons. The average molecular weight is 688 g/mol. The largest absolute Gasteiger partial charge is 0.276 e. The summed E-state index contributed by atoms with van der Waals surface area (Å²) in [5, 5.41) is 7.35. The maximum Gasteiger partial charge on any atom is 0.238 e. The van der Waals surface area contributed by atoms with E-state index in [2.05, 4.69) is 120 Å². The minimum absolute atomic E-state index is 0.592. The molecule has 0 unspecified atom stereocenters. The summed E-state index contributed by atoms with van der Waals surface area (Å²) < 4.78 is 5.98. The highest BCUT2D eigenvalue weighted by Crippen LogP contribution is 2.51. The topological polar surface area (TPSA) is 56.5 Å². The van der Waals surface area contributed by atoms with Gasteiger partial charge in [0.25, 0.3) is 0 Å². The predicted molar refractivity (Wildman–Crippen MR) is 214 cm³/mol. The zero-order valence-electron chi connectivity index (χ0n) is 27.0. The Morgan fingerprint density at radius 2 is 1.02 bits per heavy atom. The summed E-state index contributed by atoms with van der Waals surface area (Å²) in [5.41, 5.74) is 6.36. The second-order valence-corrected chi connectivity index (χ2v) is 14.7. The van der Waals surface area contributed by atoms with Gasteiger partial charge in [-0.2, -0.15) is 9.97 Å². The SMILES string of the molecule is c1ccc(-c2ccc(-c3nc(-c4ccccc4)nc(-n4c5ccccc5c5c6sc7ncccc7c6c6c7ccccc7sc6c54)n3)cc2)cc1. The van der Waals surface area contributed by atoms with Crippen molar-refractivity contribution in [3.63, 3.8) is 0 Å². The molecular weight excluding hydrogens is 663 g/mol. The lowest BCUT2D eigenvalue weighted by Gasteiger charge is -2.12. The normalized spacial score (nSPS) is 11.9. The number of rotatable bonds is 4. The van der Waals surface area contributed by atoms with Crippen molar-refractivity contribution < 1.29 is 0 Å². The Hall–Kier alpha value is -6.28. The van der Waals surface area contributed by atoms with Crippen LogP contribution in [0.25, 0.3) is 102 Å². The van der Waals surface area contributed by atoms with Crippen LogP contribution in [0.1, 0.15) is 0 Å². The Morgan fingerprint density at radius 3 is 1.80 bits per heavy atom. The number of thiophene rings is 2. The molecule has 6 aromatic carbocycles. The van der Waals surface area contributed by atoms with Crippen molar-refractivity contribution in [2.24, 2.45) is 0 Å². The molecule has 0 bridgehead atoms. The first kappa shape index (κ1) is 28.5. The number of fused-ring (bicyclic) bond motifs is 12. The molecule has 5 heterocycles. The fourth-order valence-corrected chi connectivity index (χ4v) is 9.92. The number of para-hydroxylation sites is 1. The zero-order chi connectivity index (χ0) is 33.5. The number of pyridine rings is 1. The lowest BCUT2D eigenvalue weighted by molar-refractivity contribution is 0.955. The summed E-state index contributed by atoms with van der Waals surface area (Å²) in [6, 6.07) is 50.8. The Labute approximate surface area is 299 Å². The van der Waals surface area contributed by atoms with Crippen LogP contribution in [0.15, 0.2) is 152 Å². The second kappa shape index (κ2) is 11.1. The fourth-order valence-electron chi connectivity index (χ4n) is 7.46. The highest BCUT2D eigenvalue weighted by Gasteiger charge is 2.26. The monoisotopic (exact) mass is 687 g/mol. The first-order valence-corrected chi connectivity index (χ1v) is 18.4. The maximum absolute atomic E-state index is 5.29. The minimum atomic E-state index is 0.592. The number of aromatic nitrogens is 5. The van der Waals surface area contributed by atoms with Crippen molar-refractivity contribution >= 4 is 85.0 Å². The molecule has 0 aliphatic carbocycles. The van der Waals surface area contributed by atoms with Gasteiger partial charge in [-0.05, 0) is 35.4 Å². The van der Waals surface area contributed by atoms with E-state index in [-0.39, 0.29) is 0 Å². The molecule has 51 heavy (non-hydrogen) atoms. The van der Waals surface area contributed by atoms with Crippen LogP contribution in [0.5, 0.6) is 0 Å². The molecule has 0 fully saturated rings. The van der Waals surface area contributed by atoms with Crippen LogP contribution in [-0.4, -0.2) is 24.5 Å². The van der Waals surface area contributed by atoms with Crippen LogP contribution in [0.4, 0.5) is 0 Å². The van der Waals surface area contributed by atoms with Crippen LogP contribution in [0, 0.1) is 0 Å². The molecule has 0 atom stereocenters. The Balaban J connectivity index is 1.27. The molecule has 5 aromatic heterocycles. The Morgan fingerprint density at radius 1 is 0.431 bits per heavy atom. The van der Waals surface area contributed by atoms with Gasteiger partial charge in [0, 0.05) is 59.0 Å². The van der Waals surface area contributed by atoms with Crippen molar-refractivity contribution in [3.05, 3.63) is 152 Å². The minimum Gasteiger partial charge on any atom is -0.276 e. The smallest absolute Gasteiger partial charge is 0.238 e. The van der Waals surface area contributed by atoms with Crippen molar-refractivity contribution in [1.29, 1.82) is 0 Å².